The van der Waals surface area contributed by atoms with E-state index < -0.39 is 0 Å². The average Bonchev–Trinajstić information content (AvgIpc) is 2.54. The maximum Gasteiger partial charge on any atom is 0.223 e. The molecule has 1 aromatic carbocycles. The molecule has 1 aliphatic rings. The summed E-state index contributed by atoms with van der Waals surface area (Å²) in [4.78, 5) is 12.1. The number of nitrogens with one attached hydrogen (secondary N) is 2. The van der Waals surface area contributed by atoms with Crippen molar-refractivity contribution in [3.63, 3.8) is 0 Å². The molecule has 2 N–H and O–H groups in total. The van der Waals surface area contributed by atoms with Gasteiger partial charge in [-0.05, 0) is 45.0 Å². The van der Waals surface area contributed by atoms with Crippen LogP contribution in [-0.2, 0) is 4.79 Å². The highest BCUT2D eigenvalue weighted by atomic mass is 35.5. The fourth-order valence-corrected chi connectivity index (χ4v) is 2.45. The first-order valence-corrected chi connectivity index (χ1v) is 7.49. The predicted octanol–water partition coefficient (Wildman–Crippen LogP) is 2.00. The largest absolute Gasteiger partial charge is 0.493 e. The Labute approximate surface area is 138 Å². The number of para-hydroxylation sites is 2. The van der Waals surface area contributed by atoms with Crippen molar-refractivity contribution >= 4 is 18.3 Å². The van der Waals surface area contributed by atoms with Gasteiger partial charge < -0.3 is 20.1 Å². The number of carbonyl (C=O) groups excluding carboxylic acids is 1. The summed E-state index contributed by atoms with van der Waals surface area (Å²) >= 11 is 0. The van der Waals surface area contributed by atoms with Crippen molar-refractivity contribution in [2.75, 3.05) is 26.7 Å². The van der Waals surface area contributed by atoms with Crippen molar-refractivity contribution in [1.82, 2.24) is 10.6 Å². The number of carbonyl (C=O) groups is 1. The second kappa shape index (κ2) is 9.54. The number of hydrogen-bond acceptors (Lipinski definition) is 4. The molecular formula is C16H25ClN2O3. The molecule has 0 aromatic heterocycles. The number of rotatable bonds is 6. The number of hydrogen-bond donors (Lipinski definition) is 2. The maximum absolute atomic E-state index is 12.1. The first kappa shape index (κ1) is 18.6. The van der Waals surface area contributed by atoms with Crippen LogP contribution in [0.4, 0.5) is 0 Å². The maximum atomic E-state index is 12.1. The summed E-state index contributed by atoms with van der Waals surface area (Å²) in [6.45, 7) is 4.28. The second-order valence-corrected chi connectivity index (χ2v) is 5.35. The Morgan fingerprint density at radius 3 is 2.59 bits per heavy atom. The Morgan fingerprint density at radius 1 is 1.32 bits per heavy atom. The molecule has 1 aromatic rings. The van der Waals surface area contributed by atoms with E-state index in [4.69, 9.17) is 9.47 Å². The third kappa shape index (κ3) is 5.39. The van der Waals surface area contributed by atoms with E-state index in [0.29, 0.717) is 18.0 Å². The lowest BCUT2D eigenvalue weighted by molar-refractivity contribution is -0.126. The number of halogens is 1. The van der Waals surface area contributed by atoms with Gasteiger partial charge >= 0.3 is 0 Å². The highest BCUT2D eigenvalue weighted by Gasteiger charge is 2.21. The zero-order chi connectivity index (χ0) is 15.1. The zero-order valence-electron chi connectivity index (χ0n) is 13.1. The third-order valence-corrected chi connectivity index (χ3v) is 3.67. The molecule has 0 bridgehead atoms. The number of amides is 1. The number of methoxy groups -OCH3 is 1. The quantitative estimate of drug-likeness (QED) is 0.838. The van der Waals surface area contributed by atoms with Crippen LogP contribution in [0.15, 0.2) is 24.3 Å². The van der Waals surface area contributed by atoms with E-state index in [-0.39, 0.29) is 30.3 Å². The lowest BCUT2D eigenvalue weighted by Gasteiger charge is -2.23. The van der Waals surface area contributed by atoms with Crippen LogP contribution in [-0.4, -0.2) is 38.8 Å². The molecular weight excluding hydrogens is 304 g/mol. The highest BCUT2D eigenvalue weighted by Crippen LogP contribution is 2.26. The molecule has 1 fully saturated rings. The molecule has 6 heteroatoms. The molecule has 0 radical (unpaired) electrons. The van der Waals surface area contributed by atoms with Gasteiger partial charge in [-0.1, -0.05) is 12.1 Å². The molecule has 1 heterocycles. The minimum absolute atomic E-state index is 0. The first-order valence-electron chi connectivity index (χ1n) is 7.49. The lowest BCUT2D eigenvalue weighted by atomic mass is 9.97. The van der Waals surface area contributed by atoms with Crippen molar-refractivity contribution < 1.29 is 14.3 Å². The van der Waals surface area contributed by atoms with E-state index in [2.05, 4.69) is 10.6 Å². The van der Waals surface area contributed by atoms with Crippen LogP contribution in [0.25, 0.3) is 0 Å². The number of piperidine rings is 1. The summed E-state index contributed by atoms with van der Waals surface area (Å²) in [5.74, 6) is 1.66. The van der Waals surface area contributed by atoms with Gasteiger partial charge in [0, 0.05) is 5.92 Å². The topological polar surface area (TPSA) is 59.6 Å². The summed E-state index contributed by atoms with van der Waals surface area (Å²) in [6.07, 6.45) is 1.72. The van der Waals surface area contributed by atoms with Crippen LogP contribution >= 0.6 is 12.4 Å². The van der Waals surface area contributed by atoms with Crippen LogP contribution in [0.5, 0.6) is 11.5 Å². The monoisotopic (exact) mass is 328 g/mol. The lowest BCUT2D eigenvalue weighted by Crippen LogP contribution is -2.41. The summed E-state index contributed by atoms with van der Waals surface area (Å²) in [6, 6.07) is 7.52. The van der Waals surface area contributed by atoms with Gasteiger partial charge in [0.15, 0.2) is 11.5 Å². The van der Waals surface area contributed by atoms with E-state index in [1.54, 1.807) is 7.11 Å². The van der Waals surface area contributed by atoms with Crippen LogP contribution in [0, 0.1) is 5.92 Å². The summed E-state index contributed by atoms with van der Waals surface area (Å²) in [5, 5.41) is 6.24. The molecule has 1 aliphatic heterocycles. The molecule has 1 saturated heterocycles. The van der Waals surface area contributed by atoms with Gasteiger partial charge in [-0.25, -0.2) is 0 Å². The molecule has 2 rings (SSSR count). The van der Waals surface area contributed by atoms with Crippen LogP contribution in [0.2, 0.25) is 0 Å². The van der Waals surface area contributed by atoms with Crippen molar-refractivity contribution in [3.05, 3.63) is 24.3 Å². The Balaban J connectivity index is 0.00000242. The van der Waals surface area contributed by atoms with Crippen molar-refractivity contribution in [2.45, 2.75) is 25.9 Å². The van der Waals surface area contributed by atoms with Crippen LogP contribution in [0.1, 0.15) is 19.8 Å². The van der Waals surface area contributed by atoms with Gasteiger partial charge in [-0.2, -0.15) is 0 Å². The van der Waals surface area contributed by atoms with E-state index in [1.807, 2.05) is 31.2 Å². The van der Waals surface area contributed by atoms with Crippen molar-refractivity contribution in [2.24, 2.45) is 5.92 Å². The van der Waals surface area contributed by atoms with E-state index in [9.17, 15) is 4.79 Å². The van der Waals surface area contributed by atoms with Crippen molar-refractivity contribution in [1.29, 1.82) is 0 Å². The molecule has 1 amide bonds. The second-order valence-electron chi connectivity index (χ2n) is 5.35. The Morgan fingerprint density at radius 2 is 1.95 bits per heavy atom. The third-order valence-electron chi connectivity index (χ3n) is 3.67. The number of benzene rings is 1. The first-order chi connectivity index (χ1) is 10.2. The van der Waals surface area contributed by atoms with E-state index in [1.165, 1.54) is 0 Å². The van der Waals surface area contributed by atoms with Crippen LogP contribution < -0.4 is 20.1 Å². The molecule has 5 nitrogen and oxygen atoms in total. The summed E-state index contributed by atoms with van der Waals surface area (Å²) in [7, 11) is 1.62. The van der Waals surface area contributed by atoms with Gasteiger partial charge in [0.2, 0.25) is 5.91 Å². The van der Waals surface area contributed by atoms with Gasteiger partial charge in [-0.3, -0.25) is 4.79 Å². The molecule has 0 spiro atoms. The Kier molecular flexibility index (Phi) is 8.06. The molecule has 1 unspecified atom stereocenters. The summed E-state index contributed by atoms with van der Waals surface area (Å²) in [5.41, 5.74) is 0. The minimum atomic E-state index is -0.105. The molecule has 22 heavy (non-hydrogen) atoms. The standard InChI is InChI=1S/C16H24N2O3.ClH/c1-12(21-15-6-4-3-5-14(15)20-2)11-18-16(19)13-7-9-17-10-8-13;/h3-6,12-13,17H,7-11H2,1-2H3,(H,18,19);1H. The fraction of sp³-hybridized carbons (Fsp3) is 0.562. The Hall–Kier alpha value is -1.46. The smallest absolute Gasteiger partial charge is 0.223 e. The Bertz CT molecular complexity index is 464. The zero-order valence-corrected chi connectivity index (χ0v) is 13.9. The predicted molar refractivity (Wildman–Crippen MR) is 88.9 cm³/mol. The normalized spacial score (nSPS) is 16.3. The molecule has 124 valence electrons. The minimum Gasteiger partial charge on any atom is -0.493 e. The summed E-state index contributed by atoms with van der Waals surface area (Å²) < 4.78 is 11.1. The van der Waals surface area contributed by atoms with Gasteiger partial charge in [0.25, 0.3) is 0 Å². The highest BCUT2D eigenvalue weighted by molar-refractivity contribution is 5.85. The van der Waals surface area contributed by atoms with Crippen molar-refractivity contribution in [3.8, 4) is 11.5 Å². The fourth-order valence-electron chi connectivity index (χ4n) is 2.45. The van der Waals surface area contributed by atoms with Gasteiger partial charge in [-0.15, -0.1) is 12.4 Å². The molecule has 1 atom stereocenters. The van der Waals surface area contributed by atoms with Gasteiger partial charge in [0.1, 0.15) is 6.10 Å². The van der Waals surface area contributed by atoms with E-state index >= 15 is 0 Å². The SMILES string of the molecule is COc1ccccc1OC(C)CNC(=O)C1CCNCC1.Cl. The van der Waals surface area contributed by atoms with Gasteiger partial charge in [0.05, 0.1) is 13.7 Å². The van der Waals surface area contributed by atoms with E-state index in [0.717, 1.165) is 25.9 Å². The molecule has 0 aliphatic carbocycles. The van der Waals surface area contributed by atoms with Crippen LogP contribution in [0.3, 0.4) is 0 Å². The molecule has 0 saturated carbocycles. The average molecular weight is 329 g/mol. The number of ether oxygens (including phenoxy) is 2.